The molecule has 364 valence electrons. The Bertz CT molecular complexity index is 1280. The van der Waals surface area contributed by atoms with E-state index >= 15 is 0 Å². The molecule has 0 bridgehead atoms. The quantitative estimate of drug-likeness (QED) is 0.0346. The molecule has 0 aromatic heterocycles. The second kappa shape index (κ2) is 53.9. The summed E-state index contributed by atoms with van der Waals surface area (Å²) in [5.41, 5.74) is 0. The van der Waals surface area contributed by atoms with Crippen LogP contribution in [0.2, 0.25) is 0 Å². The van der Waals surface area contributed by atoms with Crippen molar-refractivity contribution in [1.29, 1.82) is 0 Å². The van der Waals surface area contributed by atoms with Crippen molar-refractivity contribution in [1.82, 2.24) is 0 Å². The van der Waals surface area contributed by atoms with E-state index in [0.717, 1.165) is 103 Å². The number of carbonyl (C=O) groups is 2. The summed E-state index contributed by atoms with van der Waals surface area (Å²) in [5.74, 6) is -0.491. The summed E-state index contributed by atoms with van der Waals surface area (Å²) in [6.45, 7) is 7.50. The van der Waals surface area contributed by atoms with Crippen molar-refractivity contribution in [3.8, 4) is 0 Å². The van der Waals surface area contributed by atoms with E-state index < -0.39 is 6.10 Å². The Morgan fingerprint density at radius 2 is 0.719 bits per heavy atom. The fourth-order valence-electron chi connectivity index (χ4n) is 6.91. The van der Waals surface area contributed by atoms with Crippen molar-refractivity contribution >= 4 is 11.9 Å². The Labute approximate surface area is 395 Å². The Morgan fingerprint density at radius 3 is 1.19 bits per heavy atom. The monoisotopic (exact) mass is 887 g/mol. The van der Waals surface area contributed by atoms with E-state index in [0.29, 0.717) is 19.4 Å². The summed E-state index contributed by atoms with van der Waals surface area (Å²) < 4.78 is 17.4. The van der Waals surface area contributed by atoms with Crippen LogP contribution in [0.5, 0.6) is 0 Å². The molecule has 0 aromatic rings. The van der Waals surface area contributed by atoms with E-state index in [-0.39, 0.29) is 25.2 Å². The van der Waals surface area contributed by atoms with Crippen LogP contribution >= 0.6 is 0 Å². The normalized spacial score (nSPS) is 13.1. The lowest BCUT2D eigenvalue weighted by Gasteiger charge is -2.18. The van der Waals surface area contributed by atoms with Crippen LogP contribution in [0.4, 0.5) is 0 Å². The van der Waals surface area contributed by atoms with Crippen LogP contribution in [0, 0.1) is 0 Å². The van der Waals surface area contributed by atoms with E-state index in [9.17, 15) is 9.59 Å². The molecule has 0 rings (SSSR count). The molecule has 0 amide bonds. The van der Waals surface area contributed by atoms with Gasteiger partial charge in [0.1, 0.15) is 6.61 Å². The second-order valence-corrected chi connectivity index (χ2v) is 17.0. The molecular weight excluding hydrogens is 789 g/mol. The van der Waals surface area contributed by atoms with Crippen LogP contribution in [0.1, 0.15) is 226 Å². The number of hydrogen-bond acceptors (Lipinski definition) is 5. The van der Waals surface area contributed by atoms with Crippen LogP contribution in [-0.2, 0) is 23.8 Å². The van der Waals surface area contributed by atoms with E-state index in [2.05, 4.69) is 130 Å². The number of ether oxygens (including phenoxy) is 3. The smallest absolute Gasteiger partial charge is 0.306 e. The summed E-state index contributed by atoms with van der Waals surface area (Å²) in [5, 5.41) is 0. The van der Waals surface area contributed by atoms with Crippen molar-refractivity contribution in [3.05, 3.63) is 109 Å². The molecule has 0 saturated carbocycles. The fraction of sp³-hybridized carbons (Fsp3) is 0.661. The molecule has 0 radical (unpaired) electrons. The molecule has 1 unspecified atom stereocenters. The standard InChI is InChI=1S/C59H98O5/c1-4-7-10-13-16-19-22-25-28-30-32-34-37-40-43-46-49-52-58(60)63-56-57(55-62-54-51-48-45-42-39-36-33-29-26-23-20-17-14-11-8-5-2)64-59(61)53-50-47-44-41-38-35-31-27-24-21-18-15-12-9-6-3/h7,9-10,12,16,18-19,21,25-29,31-32,34,40,43,57H,4-6,8,11,13-15,17,20,22-24,30,33,35-39,41-42,44-56H2,1-3H3/b10-7-,12-9-,19-16-,21-18-,28-25-,29-26-,31-27-,34-32-,43-40-. The Balaban J connectivity index is 4.42. The number of unbranched alkanes of at least 4 members (excludes halogenated alkanes) is 18. The highest BCUT2D eigenvalue weighted by Crippen LogP contribution is 2.13. The molecule has 0 fully saturated rings. The molecule has 64 heavy (non-hydrogen) atoms. The summed E-state index contributed by atoms with van der Waals surface area (Å²) in [6, 6.07) is 0. The van der Waals surface area contributed by atoms with Gasteiger partial charge in [0.15, 0.2) is 6.10 Å². The van der Waals surface area contributed by atoms with Gasteiger partial charge in [-0.2, -0.15) is 0 Å². The molecular formula is C59H98O5. The average molecular weight is 887 g/mol. The third-order valence-corrected chi connectivity index (χ3v) is 10.8. The molecule has 0 aliphatic heterocycles. The Hall–Kier alpha value is -3.44. The zero-order valence-corrected chi connectivity index (χ0v) is 41.8. The zero-order valence-electron chi connectivity index (χ0n) is 41.8. The van der Waals surface area contributed by atoms with Gasteiger partial charge in [0, 0.05) is 19.4 Å². The SMILES string of the molecule is CC/C=C\C/C=C\C/C=C\C/C=C\C/C=C\CCCC(=O)OCC(COCCCCCCCC/C=C\CCCCCCCC)OC(=O)CCCCCCC/C=C\C/C=C\C/C=C\CC. The van der Waals surface area contributed by atoms with Gasteiger partial charge < -0.3 is 14.2 Å². The van der Waals surface area contributed by atoms with Crippen molar-refractivity contribution < 1.29 is 23.8 Å². The first kappa shape index (κ1) is 60.6. The highest BCUT2D eigenvalue weighted by molar-refractivity contribution is 5.70. The summed E-state index contributed by atoms with van der Waals surface area (Å²) >= 11 is 0. The lowest BCUT2D eigenvalue weighted by molar-refractivity contribution is -0.163. The van der Waals surface area contributed by atoms with Gasteiger partial charge in [0.05, 0.1) is 6.61 Å². The van der Waals surface area contributed by atoms with Crippen LogP contribution in [0.15, 0.2) is 109 Å². The molecule has 0 N–H and O–H groups in total. The largest absolute Gasteiger partial charge is 0.462 e. The number of hydrogen-bond donors (Lipinski definition) is 0. The Kier molecular flexibility index (Phi) is 51.0. The summed E-state index contributed by atoms with van der Waals surface area (Å²) in [7, 11) is 0. The number of allylic oxidation sites excluding steroid dienone is 18. The van der Waals surface area contributed by atoms with Gasteiger partial charge in [-0.25, -0.2) is 0 Å². The minimum Gasteiger partial charge on any atom is -0.462 e. The maximum Gasteiger partial charge on any atom is 0.306 e. The highest BCUT2D eigenvalue weighted by atomic mass is 16.6. The topological polar surface area (TPSA) is 61.8 Å². The lowest BCUT2D eigenvalue weighted by Crippen LogP contribution is -2.30. The summed E-state index contributed by atoms with van der Waals surface area (Å²) in [6.07, 6.45) is 73.9. The second-order valence-electron chi connectivity index (χ2n) is 17.0. The maximum absolute atomic E-state index is 12.8. The van der Waals surface area contributed by atoms with Gasteiger partial charge in [-0.3, -0.25) is 9.59 Å². The third kappa shape index (κ3) is 51.2. The first-order valence-corrected chi connectivity index (χ1v) is 26.4. The van der Waals surface area contributed by atoms with Crippen molar-refractivity contribution in [2.24, 2.45) is 0 Å². The van der Waals surface area contributed by atoms with Gasteiger partial charge in [0.25, 0.3) is 0 Å². The van der Waals surface area contributed by atoms with Crippen LogP contribution < -0.4 is 0 Å². The molecule has 0 saturated heterocycles. The van der Waals surface area contributed by atoms with Crippen LogP contribution in [0.3, 0.4) is 0 Å². The fourth-order valence-corrected chi connectivity index (χ4v) is 6.91. The van der Waals surface area contributed by atoms with Crippen molar-refractivity contribution in [2.75, 3.05) is 19.8 Å². The van der Waals surface area contributed by atoms with Crippen LogP contribution in [-0.4, -0.2) is 37.9 Å². The molecule has 1 atom stereocenters. The maximum atomic E-state index is 12.8. The first-order valence-electron chi connectivity index (χ1n) is 26.4. The van der Waals surface area contributed by atoms with E-state index in [1.54, 1.807) is 0 Å². The van der Waals surface area contributed by atoms with Gasteiger partial charge in [-0.1, -0.05) is 207 Å². The average Bonchev–Trinajstić information content (AvgIpc) is 3.30. The Morgan fingerprint density at radius 1 is 0.359 bits per heavy atom. The molecule has 0 heterocycles. The first-order chi connectivity index (χ1) is 31.6. The van der Waals surface area contributed by atoms with E-state index in [4.69, 9.17) is 14.2 Å². The minimum atomic E-state index is -0.578. The number of rotatable bonds is 47. The minimum absolute atomic E-state index is 0.0405. The van der Waals surface area contributed by atoms with Gasteiger partial charge in [-0.05, 0) is 116 Å². The van der Waals surface area contributed by atoms with Gasteiger partial charge in [-0.15, -0.1) is 0 Å². The highest BCUT2D eigenvalue weighted by Gasteiger charge is 2.17. The predicted octanol–water partition coefficient (Wildman–Crippen LogP) is 18.0. The van der Waals surface area contributed by atoms with Crippen LogP contribution in [0.25, 0.3) is 0 Å². The molecule has 0 spiro atoms. The van der Waals surface area contributed by atoms with Gasteiger partial charge >= 0.3 is 11.9 Å². The molecule has 5 heteroatoms. The van der Waals surface area contributed by atoms with Gasteiger partial charge in [0.2, 0.25) is 0 Å². The predicted molar refractivity (Wildman–Crippen MR) is 279 cm³/mol. The molecule has 0 aromatic carbocycles. The lowest BCUT2D eigenvalue weighted by atomic mass is 10.1. The van der Waals surface area contributed by atoms with E-state index in [1.807, 2.05) is 0 Å². The third-order valence-electron chi connectivity index (χ3n) is 10.8. The molecule has 0 aliphatic carbocycles. The molecule has 0 aliphatic rings. The summed E-state index contributed by atoms with van der Waals surface area (Å²) in [4.78, 5) is 25.4. The number of esters is 2. The van der Waals surface area contributed by atoms with Crippen molar-refractivity contribution in [2.45, 2.75) is 232 Å². The van der Waals surface area contributed by atoms with E-state index in [1.165, 1.54) is 89.9 Å². The number of carbonyl (C=O) groups excluding carboxylic acids is 2. The zero-order chi connectivity index (χ0) is 46.3. The van der Waals surface area contributed by atoms with Crippen molar-refractivity contribution in [3.63, 3.8) is 0 Å². The molecule has 5 nitrogen and oxygen atoms in total.